The Balaban J connectivity index is 2.85. The first-order valence-electron chi connectivity index (χ1n) is 4.99. The normalized spacial score (nSPS) is 10.3. The molecule has 1 aromatic heterocycles. The number of aromatic nitrogens is 1. The van der Waals surface area contributed by atoms with Gasteiger partial charge in [-0.15, -0.1) is 0 Å². The topological polar surface area (TPSA) is 42.4 Å². The number of ether oxygens (including phenoxy) is 1. The van der Waals surface area contributed by atoms with Gasteiger partial charge in [-0.3, -0.25) is 4.79 Å². The fourth-order valence-electron chi connectivity index (χ4n) is 1.27. The summed E-state index contributed by atoms with van der Waals surface area (Å²) >= 11 is 5.76. The summed E-state index contributed by atoms with van der Waals surface area (Å²) in [4.78, 5) is 17.3. The molecule has 1 heterocycles. The average molecular weight is 243 g/mol. The Labute approximate surface area is 100 Å². The second kappa shape index (κ2) is 5.70. The molecule has 0 atom stereocenters. The molecular formula is C11H15ClN2O2. The maximum absolute atomic E-state index is 11.2. The molecule has 0 saturated carbocycles. The maximum atomic E-state index is 11.2. The fraction of sp³-hybridized carbons (Fsp3) is 0.455. The summed E-state index contributed by atoms with van der Waals surface area (Å²) < 4.78 is 4.64. The number of anilines is 1. The van der Waals surface area contributed by atoms with Crippen molar-refractivity contribution in [1.29, 1.82) is 0 Å². The molecule has 0 saturated heterocycles. The van der Waals surface area contributed by atoms with E-state index in [4.69, 9.17) is 11.6 Å². The molecule has 88 valence electrons. The van der Waals surface area contributed by atoms with Gasteiger partial charge >= 0.3 is 5.97 Å². The van der Waals surface area contributed by atoms with E-state index in [1.54, 1.807) is 18.3 Å². The number of esters is 1. The first-order chi connectivity index (χ1) is 7.54. The number of carbonyl (C=O) groups is 1. The fourth-order valence-corrected chi connectivity index (χ4v) is 1.38. The van der Waals surface area contributed by atoms with Crippen molar-refractivity contribution in [1.82, 2.24) is 4.98 Å². The van der Waals surface area contributed by atoms with Gasteiger partial charge in [0.05, 0.1) is 12.1 Å². The van der Waals surface area contributed by atoms with E-state index in [2.05, 4.69) is 9.72 Å². The Kier molecular flexibility index (Phi) is 4.55. The smallest absolute Gasteiger partial charge is 0.325 e. The van der Waals surface area contributed by atoms with Gasteiger partial charge in [0.1, 0.15) is 12.4 Å². The summed E-state index contributed by atoms with van der Waals surface area (Å²) in [5.74, 6) is 0.426. The zero-order chi connectivity index (χ0) is 12.1. The van der Waals surface area contributed by atoms with Crippen LogP contribution in [0.2, 0.25) is 5.02 Å². The van der Waals surface area contributed by atoms with Crippen LogP contribution in [0.15, 0.2) is 18.3 Å². The highest BCUT2D eigenvalue weighted by atomic mass is 35.5. The summed E-state index contributed by atoms with van der Waals surface area (Å²) in [5.41, 5.74) is 0. The molecule has 0 amide bonds. The van der Waals surface area contributed by atoms with Crippen molar-refractivity contribution in [3.8, 4) is 0 Å². The van der Waals surface area contributed by atoms with Gasteiger partial charge in [0, 0.05) is 12.2 Å². The van der Waals surface area contributed by atoms with Crippen molar-refractivity contribution >= 4 is 23.4 Å². The predicted molar refractivity (Wildman–Crippen MR) is 63.7 cm³/mol. The van der Waals surface area contributed by atoms with Gasteiger partial charge in [0.2, 0.25) is 0 Å². The van der Waals surface area contributed by atoms with Gasteiger partial charge in [-0.1, -0.05) is 11.6 Å². The molecule has 0 fully saturated rings. The molecule has 16 heavy (non-hydrogen) atoms. The number of hydrogen-bond donors (Lipinski definition) is 0. The Morgan fingerprint density at radius 3 is 2.69 bits per heavy atom. The third-order valence-electron chi connectivity index (χ3n) is 2.16. The van der Waals surface area contributed by atoms with Gasteiger partial charge in [-0.2, -0.15) is 0 Å². The molecule has 0 aliphatic rings. The largest absolute Gasteiger partial charge is 0.468 e. The summed E-state index contributed by atoms with van der Waals surface area (Å²) in [6, 6.07) is 3.69. The van der Waals surface area contributed by atoms with Crippen LogP contribution in [-0.4, -0.2) is 30.6 Å². The lowest BCUT2D eigenvalue weighted by Gasteiger charge is -2.26. The predicted octanol–water partition coefficient (Wildman–Crippen LogP) is 2.12. The highest BCUT2D eigenvalue weighted by Crippen LogP contribution is 2.16. The molecule has 5 heteroatoms. The van der Waals surface area contributed by atoms with Crippen LogP contribution in [0.1, 0.15) is 13.8 Å². The number of methoxy groups -OCH3 is 1. The van der Waals surface area contributed by atoms with Crippen LogP contribution in [-0.2, 0) is 9.53 Å². The average Bonchev–Trinajstić information content (AvgIpc) is 2.26. The molecule has 4 nitrogen and oxygen atoms in total. The lowest BCUT2D eigenvalue weighted by atomic mass is 10.3. The Bertz CT molecular complexity index is 352. The number of hydrogen-bond acceptors (Lipinski definition) is 4. The molecule has 0 spiro atoms. The van der Waals surface area contributed by atoms with Crippen LogP contribution in [0, 0.1) is 0 Å². The van der Waals surface area contributed by atoms with Gasteiger partial charge in [0.15, 0.2) is 0 Å². The lowest BCUT2D eigenvalue weighted by molar-refractivity contribution is -0.139. The number of rotatable bonds is 4. The van der Waals surface area contributed by atoms with Crippen LogP contribution >= 0.6 is 11.6 Å². The summed E-state index contributed by atoms with van der Waals surface area (Å²) in [6.45, 7) is 4.15. The van der Waals surface area contributed by atoms with Crippen molar-refractivity contribution in [3.05, 3.63) is 23.4 Å². The zero-order valence-corrected chi connectivity index (χ0v) is 10.4. The summed E-state index contributed by atoms with van der Waals surface area (Å²) in [6.07, 6.45) is 1.56. The summed E-state index contributed by atoms with van der Waals surface area (Å²) in [5, 5.41) is 0.575. The van der Waals surface area contributed by atoms with Crippen LogP contribution in [0.4, 0.5) is 5.82 Å². The molecular weight excluding hydrogens is 228 g/mol. The number of pyridine rings is 1. The molecule has 0 aliphatic heterocycles. The van der Waals surface area contributed by atoms with E-state index in [9.17, 15) is 4.79 Å². The SMILES string of the molecule is COC(=O)CN(c1ccc(Cl)cn1)C(C)C. The number of nitrogens with zero attached hydrogens (tertiary/aromatic N) is 2. The monoisotopic (exact) mass is 242 g/mol. The van der Waals surface area contributed by atoms with Gasteiger partial charge in [0.25, 0.3) is 0 Å². The van der Waals surface area contributed by atoms with Gasteiger partial charge in [-0.25, -0.2) is 4.98 Å². The Hall–Kier alpha value is -1.29. The third kappa shape index (κ3) is 3.38. The van der Waals surface area contributed by atoms with Gasteiger partial charge < -0.3 is 9.64 Å². The first kappa shape index (κ1) is 12.8. The first-order valence-corrected chi connectivity index (χ1v) is 5.37. The van der Waals surface area contributed by atoms with Crippen LogP contribution < -0.4 is 4.90 Å². The van der Waals surface area contributed by atoms with E-state index in [-0.39, 0.29) is 18.6 Å². The van der Waals surface area contributed by atoms with Crippen molar-refractivity contribution in [3.63, 3.8) is 0 Å². The second-order valence-electron chi connectivity index (χ2n) is 3.63. The van der Waals surface area contributed by atoms with Crippen molar-refractivity contribution < 1.29 is 9.53 Å². The molecule has 1 aromatic rings. The standard InChI is InChI=1S/C11H15ClN2O2/c1-8(2)14(7-11(15)16-3)10-5-4-9(12)6-13-10/h4-6,8H,7H2,1-3H3. The maximum Gasteiger partial charge on any atom is 0.325 e. The van der Waals surface area contributed by atoms with E-state index >= 15 is 0 Å². The van der Waals surface area contributed by atoms with Crippen molar-refractivity contribution in [2.45, 2.75) is 19.9 Å². The minimum atomic E-state index is -0.287. The molecule has 0 aliphatic carbocycles. The van der Waals surface area contributed by atoms with E-state index in [0.717, 1.165) is 0 Å². The number of carbonyl (C=O) groups excluding carboxylic acids is 1. The molecule has 1 rings (SSSR count). The van der Waals surface area contributed by atoms with Crippen LogP contribution in [0.3, 0.4) is 0 Å². The third-order valence-corrected chi connectivity index (χ3v) is 2.38. The van der Waals surface area contributed by atoms with Crippen molar-refractivity contribution in [2.24, 2.45) is 0 Å². The summed E-state index contributed by atoms with van der Waals surface area (Å²) in [7, 11) is 1.37. The Morgan fingerprint density at radius 2 is 2.25 bits per heavy atom. The quantitative estimate of drug-likeness (QED) is 0.759. The molecule has 0 bridgehead atoms. The van der Waals surface area contributed by atoms with E-state index in [1.807, 2.05) is 18.7 Å². The minimum absolute atomic E-state index is 0.160. The van der Waals surface area contributed by atoms with Gasteiger partial charge in [-0.05, 0) is 26.0 Å². The highest BCUT2D eigenvalue weighted by molar-refractivity contribution is 6.30. The Morgan fingerprint density at radius 1 is 1.56 bits per heavy atom. The van der Waals surface area contributed by atoms with E-state index in [0.29, 0.717) is 10.8 Å². The van der Waals surface area contributed by atoms with Crippen molar-refractivity contribution in [2.75, 3.05) is 18.6 Å². The van der Waals surface area contributed by atoms with E-state index in [1.165, 1.54) is 7.11 Å². The lowest BCUT2D eigenvalue weighted by Crippen LogP contribution is -2.36. The second-order valence-corrected chi connectivity index (χ2v) is 4.07. The number of halogens is 1. The molecule has 0 radical (unpaired) electrons. The molecule has 0 aromatic carbocycles. The zero-order valence-electron chi connectivity index (χ0n) is 9.61. The van der Waals surface area contributed by atoms with Crippen LogP contribution in [0.5, 0.6) is 0 Å². The van der Waals surface area contributed by atoms with Crippen LogP contribution in [0.25, 0.3) is 0 Å². The highest BCUT2D eigenvalue weighted by Gasteiger charge is 2.15. The minimum Gasteiger partial charge on any atom is -0.468 e. The molecule has 0 N–H and O–H groups in total. The van der Waals surface area contributed by atoms with E-state index < -0.39 is 0 Å². The molecule has 0 unspecified atom stereocenters.